The molecule has 4 heterocycles. The predicted octanol–water partition coefficient (Wildman–Crippen LogP) is 13.0. The topological polar surface area (TPSA) is 23.4 Å². The summed E-state index contributed by atoms with van der Waals surface area (Å²) in [6.07, 6.45) is 10.4. The standard InChI is InChI=1S/C57H46BNO2/c1-57(2)49-45-35-25-21-31(22-26-35)39(45)29-43-51(49)58-52-44(30-40-32-23-27-36(28-24-32)46(40)50(52)57)61-56-48(34-15-7-4-8-16-34)54(47(55(60-43)53(56)58)33-13-5-3-6-14-33)59-41-19-11-9-17-37(41)38-18-10-12-20-42(38)59/h3-20,29-32,35-36H,21-28H2,1-2H3. The lowest BCUT2D eigenvalue weighted by molar-refractivity contribution is 0.344. The van der Waals surface area contributed by atoms with Gasteiger partial charge in [0.1, 0.15) is 23.0 Å². The second-order valence-corrected chi connectivity index (χ2v) is 20.0. The lowest BCUT2D eigenvalue weighted by atomic mass is 9.28. The first-order valence-electron chi connectivity index (χ1n) is 23.2. The zero-order valence-electron chi connectivity index (χ0n) is 34.9. The lowest BCUT2D eigenvalue weighted by Crippen LogP contribution is -2.65. The smallest absolute Gasteiger partial charge is 0.261 e. The van der Waals surface area contributed by atoms with Gasteiger partial charge in [0.25, 0.3) is 6.71 Å². The van der Waals surface area contributed by atoms with Crippen LogP contribution in [0.5, 0.6) is 23.0 Å². The fourth-order valence-corrected chi connectivity index (χ4v) is 14.5. The summed E-state index contributed by atoms with van der Waals surface area (Å²) in [7, 11) is 0. The maximum Gasteiger partial charge on any atom is 0.261 e. The molecule has 61 heavy (non-hydrogen) atoms. The lowest BCUT2D eigenvalue weighted by Gasteiger charge is -2.52. The summed E-state index contributed by atoms with van der Waals surface area (Å²) in [6.45, 7) is 5.19. The minimum atomic E-state index is -0.175. The number of hydrogen-bond donors (Lipinski definition) is 0. The molecule has 0 saturated heterocycles. The number of benzene rings is 7. The monoisotopic (exact) mass is 787 g/mol. The van der Waals surface area contributed by atoms with Crippen molar-refractivity contribution in [3.05, 3.63) is 155 Å². The molecule has 4 heteroatoms. The summed E-state index contributed by atoms with van der Waals surface area (Å²) in [5.74, 6) is 6.52. The van der Waals surface area contributed by atoms with Crippen LogP contribution >= 0.6 is 0 Å². The van der Waals surface area contributed by atoms with Crippen molar-refractivity contribution in [2.75, 3.05) is 0 Å². The van der Waals surface area contributed by atoms with Crippen LogP contribution in [0.25, 0.3) is 49.7 Å². The SMILES string of the molecule is CC1(C)c2c3c(cc4c2C2CCC4CC2)Oc2c4c(c(-c5ccccc5)c(-n5c6ccccc6c6ccccc65)c2-c2ccccc2)Oc2cc5c(c1c2B43)C1CCC5CC1. The van der Waals surface area contributed by atoms with Gasteiger partial charge in [-0.05, 0) is 155 Å². The van der Waals surface area contributed by atoms with Crippen LogP contribution in [0.2, 0.25) is 0 Å². The summed E-state index contributed by atoms with van der Waals surface area (Å²) in [4.78, 5) is 0. The van der Waals surface area contributed by atoms with Crippen LogP contribution in [-0.4, -0.2) is 11.3 Å². The van der Waals surface area contributed by atoms with Crippen LogP contribution in [0, 0.1) is 0 Å². The van der Waals surface area contributed by atoms with Gasteiger partial charge in [0, 0.05) is 32.8 Å². The Morgan fingerprint density at radius 2 is 0.902 bits per heavy atom. The molecule has 0 unspecified atom stereocenters. The molecule has 0 N–H and O–H groups in total. The molecule has 3 nitrogen and oxygen atoms in total. The number of ether oxygens (including phenoxy) is 2. The summed E-state index contributed by atoms with van der Waals surface area (Å²) < 4.78 is 18.2. The highest BCUT2D eigenvalue weighted by atomic mass is 16.5. The van der Waals surface area contributed by atoms with Crippen LogP contribution in [0.1, 0.15) is 122 Å². The van der Waals surface area contributed by atoms with Gasteiger partial charge in [-0.1, -0.05) is 111 Å². The molecule has 7 aromatic carbocycles. The van der Waals surface area contributed by atoms with Crippen molar-refractivity contribution >= 4 is 44.9 Å². The van der Waals surface area contributed by atoms with E-state index in [0.717, 1.165) is 50.9 Å². The van der Waals surface area contributed by atoms with Gasteiger partial charge in [-0.15, -0.1) is 0 Å². The fourth-order valence-electron chi connectivity index (χ4n) is 14.5. The number of hydrogen-bond acceptors (Lipinski definition) is 2. The molecule has 2 fully saturated rings. The van der Waals surface area contributed by atoms with Crippen LogP contribution in [0.4, 0.5) is 0 Å². The summed E-state index contributed by atoms with van der Waals surface area (Å²) in [5, 5.41) is 2.49. The average molecular weight is 788 g/mol. The van der Waals surface area contributed by atoms with Gasteiger partial charge in [0.2, 0.25) is 0 Å². The van der Waals surface area contributed by atoms with Crippen molar-refractivity contribution in [2.24, 2.45) is 0 Å². The Bertz CT molecular complexity index is 3040. The van der Waals surface area contributed by atoms with Gasteiger partial charge in [-0.25, -0.2) is 0 Å². The van der Waals surface area contributed by atoms with Crippen molar-refractivity contribution in [3.8, 4) is 50.9 Å². The Labute approximate surface area is 357 Å². The molecule has 0 radical (unpaired) electrons. The first-order chi connectivity index (χ1) is 30.0. The van der Waals surface area contributed by atoms with Crippen molar-refractivity contribution in [3.63, 3.8) is 0 Å². The minimum absolute atomic E-state index is 0.0177. The third-order valence-corrected chi connectivity index (χ3v) is 16.8. The second kappa shape index (κ2) is 11.7. The molecule has 9 aliphatic rings. The summed E-state index contributed by atoms with van der Waals surface area (Å²) in [6, 6.07) is 45.2. The number of aromatic nitrogens is 1. The molecule has 0 atom stereocenters. The van der Waals surface area contributed by atoms with Gasteiger partial charge in [-0.2, -0.15) is 0 Å². The molecule has 4 bridgehead atoms. The van der Waals surface area contributed by atoms with Crippen LogP contribution < -0.4 is 25.9 Å². The molecule has 1 aromatic heterocycles. The van der Waals surface area contributed by atoms with E-state index >= 15 is 0 Å². The van der Waals surface area contributed by atoms with Crippen LogP contribution in [-0.2, 0) is 5.41 Å². The Morgan fingerprint density at radius 1 is 0.492 bits per heavy atom. The van der Waals surface area contributed by atoms with E-state index in [4.69, 9.17) is 9.47 Å². The highest BCUT2D eigenvalue weighted by Gasteiger charge is 2.56. The molecule has 294 valence electrons. The van der Waals surface area contributed by atoms with E-state index in [1.54, 1.807) is 33.4 Å². The normalized spacial score (nSPS) is 22.4. The maximum atomic E-state index is 7.82. The maximum absolute atomic E-state index is 7.82. The minimum Gasteiger partial charge on any atom is -0.458 e. The highest BCUT2D eigenvalue weighted by Crippen LogP contribution is 2.61. The highest BCUT2D eigenvalue weighted by molar-refractivity contribution is 6.99. The predicted molar refractivity (Wildman–Crippen MR) is 249 cm³/mol. The molecule has 8 aromatic rings. The van der Waals surface area contributed by atoms with Gasteiger partial charge < -0.3 is 14.0 Å². The number of para-hydroxylation sites is 2. The van der Waals surface area contributed by atoms with Crippen molar-refractivity contribution in [1.82, 2.24) is 4.57 Å². The Kier molecular flexibility index (Phi) is 6.45. The van der Waals surface area contributed by atoms with E-state index < -0.39 is 0 Å². The van der Waals surface area contributed by atoms with E-state index in [9.17, 15) is 0 Å². The Morgan fingerprint density at radius 3 is 1.36 bits per heavy atom. The Balaban J connectivity index is 1.17. The van der Waals surface area contributed by atoms with Gasteiger partial charge >= 0.3 is 0 Å². The quantitative estimate of drug-likeness (QED) is 0.167. The first kappa shape index (κ1) is 33.7. The largest absolute Gasteiger partial charge is 0.458 e. The molecule has 0 amide bonds. The molecule has 3 aliphatic heterocycles. The van der Waals surface area contributed by atoms with E-state index in [0.29, 0.717) is 23.7 Å². The second-order valence-electron chi connectivity index (χ2n) is 20.0. The number of rotatable bonds is 3. The van der Waals surface area contributed by atoms with Gasteiger partial charge in [0.05, 0.1) is 16.7 Å². The third kappa shape index (κ3) is 4.13. The zero-order valence-corrected chi connectivity index (χ0v) is 34.9. The van der Waals surface area contributed by atoms with E-state index in [1.807, 2.05) is 0 Å². The van der Waals surface area contributed by atoms with E-state index in [-0.39, 0.29) is 12.1 Å². The molecule has 6 aliphatic carbocycles. The fraction of sp³-hybridized carbons (Fsp3) is 0.263. The van der Waals surface area contributed by atoms with Crippen LogP contribution in [0.15, 0.2) is 121 Å². The first-order valence-corrected chi connectivity index (χ1v) is 23.2. The van der Waals surface area contributed by atoms with E-state index in [2.05, 4.69) is 140 Å². The van der Waals surface area contributed by atoms with E-state index in [1.165, 1.54) is 89.6 Å². The zero-order chi connectivity index (χ0) is 39.9. The third-order valence-electron chi connectivity index (χ3n) is 16.8. The summed E-state index contributed by atoms with van der Waals surface area (Å²) in [5.41, 5.74) is 21.6. The van der Waals surface area contributed by atoms with Gasteiger partial charge in [0.15, 0.2) is 0 Å². The molecular weight excluding hydrogens is 741 g/mol. The van der Waals surface area contributed by atoms with Gasteiger partial charge in [-0.3, -0.25) is 0 Å². The molecule has 17 rings (SSSR count). The average Bonchev–Trinajstić information content (AvgIpc) is 3.65. The Hall–Kier alpha value is -6.00. The molecule has 2 saturated carbocycles. The van der Waals surface area contributed by atoms with Crippen molar-refractivity contribution < 1.29 is 9.47 Å². The van der Waals surface area contributed by atoms with Crippen molar-refractivity contribution in [2.45, 2.75) is 94.3 Å². The summed E-state index contributed by atoms with van der Waals surface area (Å²) >= 11 is 0. The molecule has 0 spiro atoms. The van der Waals surface area contributed by atoms with Crippen molar-refractivity contribution in [1.29, 1.82) is 0 Å². The molecular formula is C57H46BNO2. The number of nitrogens with zero attached hydrogens (tertiary/aromatic N) is 1. The number of fused-ring (bicyclic) bond motifs is 7. The van der Waals surface area contributed by atoms with Crippen LogP contribution in [0.3, 0.4) is 0 Å².